The number of hydrogen-bond donors (Lipinski definition) is 0. The largest absolute Gasteiger partial charge is 0.347 e. The molecule has 2 heteroatoms. The predicted molar refractivity (Wildman–Crippen MR) is 84.6 cm³/mol. The third-order valence-electron chi connectivity index (χ3n) is 3.94. The number of nitriles is 1. The zero-order valence-corrected chi connectivity index (χ0v) is 12.4. The topological polar surface area (TPSA) is 28.7 Å². The number of benzene rings is 1. The second kappa shape index (κ2) is 7.75. The molecular formula is C18H24N2. The van der Waals surface area contributed by atoms with Gasteiger partial charge in [0.2, 0.25) is 0 Å². The first-order valence-electron chi connectivity index (χ1n) is 7.84. The summed E-state index contributed by atoms with van der Waals surface area (Å²) in [6, 6.07) is 10.3. The molecule has 106 valence electrons. The molecule has 0 N–H and O–H groups in total. The lowest BCUT2D eigenvalue weighted by Crippen LogP contribution is -1.96. The standard InChI is InChI=1S/C18H24N2/c1-2-3-4-5-6-7-8-13-20-14-12-17-16(15-19)10-9-11-18(17)20/h9-12,14H,2-8,13H2,1H3. The van der Waals surface area contributed by atoms with Gasteiger partial charge in [-0.15, -0.1) is 0 Å². The average Bonchev–Trinajstić information content (AvgIpc) is 2.89. The Morgan fingerprint density at radius 3 is 2.50 bits per heavy atom. The maximum absolute atomic E-state index is 9.10. The molecule has 0 saturated heterocycles. The van der Waals surface area contributed by atoms with E-state index in [1.54, 1.807) is 0 Å². The lowest BCUT2D eigenvalue weighted by molar-refractivity contribution is 0.556. The van der Waals surface area contributed by atoms with Crippen molar-refractivity contribution in [1.82, 2.24) is 4.57 Å². The van der Waals surface area contributed by atoms with E-state index in [1.807, 2.05) is 12.1 Å². The van der Waals surface area contributed by atoms with Gasteiger partial charge < -0.3 is 4.57 Å². The molecule has 0 radical (unpaired) electrons. The molecule has 0 aliphatic carbocycles. The van der Waals surface area contributed by atoms with Crippen molar-refractivity contribution in [3.63, 3.8) is 0 Å². The van der Waals surface area contributed by atoms with Crippen LogP contribution in [-0.2, 0) is 6.54 Å². The average molecular weight is 268 g/mol. The Kier molecular flexibility index (Phi) is 5.68. The number of nitrogens with zero attached hydrogens (tertiary/aromatic N) is 2. The van der Waals surface area contributed by atoms with E-state index in [0.717, 1.165) is 17.5 Å². The Labute approximate surface area is 122 Å². The fraction of sp³-hybridized carbons (Fsp3) is 0.500. The highest BCUT2D eigenvalue weighted by Gasteiger charge is 2.04. The highest BCUT2D eigenvalue weighted by Crippen LogP contribution is 2.20. The number of fused-ring (bicyclic) bond motifs is 1. The molecule has 0 aliphatic rings. The summed E-state index contributed by atoms with van der Waals surface area (Å²) in [5, 5.41) is 10.2. The van der Waals surface area contributed by atoms with Gasteiger partial charge in [-0.1, -0.05) is 51.5 Å². The van der Waals surface area contributed by atoms with Crippen LogP contribution in [0.2, 0.25) is 0 Å². The summed E-state index contributed by atoms with van der Waals surface area (Å²) in [5.74, 6) is 0. The minimum atomic E-state index is 0.779. The van der Waals surface area contributed by atoms with Crippen LogP contribution in [0.15, 0.2) is 30.5 Å². The van der Waals surface area contributed by atoms with Crippen LogP contribution in [-0.4, -0.2) is 4.57 Å². The van der Waals surface area contributed by atoms with Crippen LogP contribution in [0.3, 0.4) is 0 Å². The van der Waals surface area contributed by atoms with Gasteiger partial charge in [0.05, 0.1) is 11.6 Å². The summed E-state index contributed by atoms with van der Waals surface area (Å²) in [7, 11) is 0. The summed E-state index contributed by atoms with van der Waals surface area (Å²) in [5.41, 5.74) is 1.97. The van der Waals surface area contributed by atoms with Gasteiger partial charge in [0, 0.05) is 23.6 Å². The molecule has 1 aromatic heterocycles. The molecule has 0 aliphatic heterocycles. The number of aryl methyl sites for hydroxylation is 1. The lowest BCUT2D eigenvalue weighted by atomic mass is 10.1. The molecule has 20 heavy (non-hydrogen) atoms. The molecule has 0 atom stereocenters. The summed E-state index contributed by atoms with van der Waals surface area (Å²) >= 11 is 0. The number of unbranched alkanes of at least 4 members (excludes halogenated alkanes) is 6. The van der Waals surface area contributed by atoms with Gasteiger partial charge in [-0.05, 0) is 24.6 Å². The zero-order chi connectivity index (χ0) is 14.2. The normalized spacial score (nSPS) is 10.8. The highest BCUT2D eigenvalue weighted by molar-refractivity contribution is 5.85. The van der Waals surface area contributed by atoms with E-state index in [-0.39, 0.29) is 0 Å². The van der Waals surface area contributed by atoms with Crippen molar-refractivity contribution >= 4 is 10.9 Å². The highest BCUT2D eigenvalue weighted by atomic mass is 14.9. The van der Waals surface area contributed by atoms with Crippen LogP contribution in [0.25, 0.3) is 10.9 Å². The smallest absolute Gasteiger partial charge is 0.0998 e. The second-order valence-electron chi connectivity index (χ2n) is 5.48. The third kappa shape index (κ3) is 3.63. The number of aromatic nitrogens is 1. The Morgan fingerprint density at radius 2 is 1.75 bits per heavy atom. The van der Waals surface area contributed by atoms with Crippen molar-refractivity contribution in [3.05, 3.63) is 36.0 Å². The van der Waals surface area contributed by atoms with Crippen molar-refractivity contribution in [1.29, 1.82) is 5.26 Å². The first-order valence-corrected chi connectivity index (χ1v) is 7.84. The van der Waals surface area contributed by atoms with E-state index >= 15 is 0 Å². The molecular weight excluding hydrogens is 244 g/mol. The van der Waals surface area contributed by atoms with Gasteiger partial charge in [-0.3, -0.25) is 0 Å². The first-order chi connectivity index (χ1) is 9.86. The lowest BCUT2D eigenvalue weighted by Gasteiger charge is -2.06. The summed E-state index contributed by atoms with van der Waals surface area (Å²) in [6.45, 7) is 3.32. The Morgan fingerprint density at radius 1 is 1.00 bits per heavy atom. The van der Waals surface area contributed by atoms with E-state index in [9.17, 15) is 0 Å². The van der Waals surface area contributed by atoms with Gasteiger partial charge in [0.25, 0.3) is 0 Å². The van der Waals surface area contributed by atoms with E-state index in [2.05, 4.69) is 35.9 Å². The molecule has 2 aromatic rings. The minimum absolute atomic E-state index is 0.779. The SMILES string of the molecule is CCCCCCCCCn1ccc2c(C#N)cccc21. The van der Waals surface area contributed by atoms with Crippen LogP contribution < -0.4 is 0 Å². The minimum Gasteiger partial charge on any atom is -0.347 e. The van der Waals surface area contributed by atoms with Gasteiger partial charge in [-0.25, -0.2) is 0 Å². The van der Waals surface area contributed by atoms with E-state index in [4.69, 9.17) is 5.26 Å². The van der Waals surface area contributed by atoms with Crippen LogP contribution in [0, 0.1) is 11.3 Å². The maximum Gasteiger partial charge on any atom is 0.0998 e. The Balaban J connectivity index is 1.84. The number of rotatable bonds is 8. The first kappa shape index (κ1) is 14.7. The van der Waals surface area contributed by atoms with Crippen molar-refractivity contribution in [2.45, 2.75) is 58.4 Å². The Hall–Kier alpha value is -1.75. The van der Waals surface area contributed by atoms with Crippen molar-refractivity contribution < 1.29 is 0 Å². The van der Waals surface area contributed by atoms with Crippen molar-refractivity contribution in [2.24, 2.45) is 0 Å². The van der Waals surface area contributed by atoms with Crippen LogP contribution in [0.1, 0.15) is 57.4 Å². The van der Waals surface area contributed by atoms with Crippen molar-refractivity contribution in [3.8, 4) is 6.07 Å². The molecule has 0 spiro atoms. The fourth-order valence-electron chi connectivity index (χ4n) is 2.76. The second-order valence-corrected chi connectivity index (χ2v) is 5.48. The molecule has 1 heterocycles. The van der Waals surface area contributed by atoms with Gasteiger partial charge >= 0.3 is 0 Å². The maximum atomic E-state index is 9.10. The Bertz CT molecular complexity index is 575. The summed E-state index contributed by atoms with van der Waals surface area (Å²) in [6.07, 6.45) is 11.4. The molecule has 1 aromatic carbocycles. The molecule has 0 amide bonds. The molecule has 0 saturated carbocycles. The van der Waals surface area contributed by atoms with Gasteiger partial charge in [0.15, 0.2) is 0 Å². The molecule has 0 fully saturated rings. The molecule has 0 bridgehead atoms. The quantitative estimate of drug-likeness (QED) is 0.600. The molecule has 2 nitrogen and oxygen atoms in total. The van der Waals surface area contributed by atoms with Gasteiger partial charge in [-0.2, -0.15) is 5.26 Å². The van der Waals surface area contributed by atoms with Crippen LogP contribution >= 0.6 is 0 Å². The fourth-order valence-corrected chi connectivity index (χ4v) is 2.76. The van der Waals surface area contributed by atoms with E-state index in [1.165, 1.54) is 50.5 Å². The van der Waals surface area contributed by atoms with Crippen molar-refractivity contribution in [2.75, 3.05) is 0 Å². The summed E-state index contributed by atoms with van der Waals surface area (Å²) in [4.78, 5) is 0. The van der Waals surface area contributed by atoms with E-state index in [0.29, 0.717) is 0 Å². The zero-order valence-electron chi connectivity index (χ0n) is 12.4. The predicted octanol–water partition coefficient (Wildman–Crippen LogP) is 5.26. The monoisotopic (exact) mass is 268 g/mol. The number of hydrogen-bond acceptors (Lipinski definition) is 1. The van der Waals surface area contributed by atoms with Crippen LogP contribution in [0.5, 0.6) is 0 Å². The van der Waals surface area contributed by atoms with Crippen LogP contribution in [0.4, 0.5) is 0 Å². The van der Waals surface area contributed by atoms with Gasteiger partial charge in [0.1, 0.15) is 0 Å². The summed E-state index contributed by atoms with van der Waals surface area (Å²) < 4.78 is 2.28. The molecule has 2 rings (SSSR count). The third-order valence-corrected chi connectivity index (χ3v) is 3.94. The molecule has 0 unspecified atom stereocenters. The van der Waals surface area contributed by atoms with E-state index < -0.39 is 0 Å².